The lowest BCUT2D eigenvalue weighted by Gasteiger charge is -2.21. The maximum atomic E-state index is 12.3. The van der Waals surface area contributed by atoms with Crippen LogP contribution >= 0.6 is 23.2 Å². The van der Waals surface area contributed by atoms with Crippen LogP contribution in [0.5, 0.6) is 5.75 Å². The van der Waals surface area contributed by atoms with Gasteiger partial charge in [-0.25, -0.2) is 4.79 Å². The Labute approximate surface area is 166 Å². The fraction of sp³-hybridized carbons (Fsp3) is 0.263. The van der Waals surface area contributed by atoms with Crippen molar-refractivity contribution < 1.29 is 23.8 Å². The molecule has 6 nitrogen and oxygen atoms in total. The molecule has 8 heteroatoms. The van der Waals surface area contributed by atoms with Gasteiger partial charge in [-0.1, -0.05) is 35.3 Å². The molecule has 27 heavy (non-hydrogen) atoms. The first-order valence-electron chi connectivity index (χ1n) is 8.19. The van der Waals surface area contributed by atoms with Crippen molar-refractivity contribution in [3.05, 3.63) is 63.1 Å². The summed E-state index contributed by atoms with van der Waals surface area (Å²) >= 11 is 12.1. The summed E-state index contributed by atoms with van der Waals surface area (Å²) in [6.45, 7) is 2.00. The van der Waals surface area contributed by atoms with Crippen molar-refractivity contribution in [2.24, 2.45) is 0 Å². The highest BCUT2D eigenvalue weighted by Gasteiger charge is 2.21. The zero-order valence-corrected chi connectivity index (χ0v) is 16.0. The minimum absolute atomic E-state index is 0.0337. The van der Waals surface area contributed by atoms with Gasteiger partial charge in [0.25, 0.3) is 5.91 Å². The number of fused-ring (bicyclic) bond motifs is 1. The van der Waals surface area contributed by atoms with Gasteiger partial charge >= 0.3 is 5.97 Å². The number of carbonyl (C=O) groups excluding carboxylic acids is 2. The Morgan fingerprint density at radius 3 is 2.81 bits per heavy atom. The molecule has 2 aromatic rings. The quantitative estimate of drug-likeness (QED) is 0.761. The van der Waals surface area contributed by atoms with E-state index < -0.39 is 17.9 Å². The average Bonchev–Trinajstić information content (AvgIpc) is 2.65. The van der Waals surface area contributed by atoms with Crippen molar-refractivity contribution in [1.82, 2.24) is 5.32 Å². The zero-order valence-electron chi connectivity index (χ0n) is 14.5. The van der Waals surface area contributed by atoms with Gasteiger partial charge in [-0.2, -0.15) is 0 Å². The molecular weight excluding hydrogens is 393 g/mol. The van der Waals surface area contributed by atoms with Crippen LogP contribution in [0.1, 0.15) is 28.4 Å². The number of ether oxygens (including phenoxy) is 3. The van der Waals surface area contributed by atoms with Crippen LogP contribution in [0.25, 0.3) is 0 Å². The molecule has 0 radical (unpaired) electrons. The van der Waals surface area contributed by atoms with Gasteiger partial charge < -0.3 is 19.5 Å². The van der Waals surface area contributed by atoms with E-state index in [0.29, 0.717) is 28.0 Å². The summed E-state index contributed by atoms with van der Waals surface area (Å²) in [5.41, 5.74) is 1.72. The van der Waals surface area contributed by atoms with E-state index in [0.717, 1.165) is 5.56 Å². The highest BCUT2D eigenvalue weighted by atomic mass is 35.5. The van der Waals surface area contributed by atoms with Crippen LogP contribution in [0.3, 0.4) is 0 Å². The number of carbonyl (C=O) groups is 2. The maximum Gasteiger partial charge on any atom is 0.328 e. The van der Waals surface area contributed by atoms with E-state index in [9.17, 15) is 9.59 Å². The summed E-state index contributed by atoms with van der Waals surface area (Å²) in [4.78, 5) is 24.5. The summed E-state index contributed by atoms with van der Waals surface area (Å²) in [5, 5.41) is 3.37. The number of hydrogen-bond acceptors (Lipinski definition) is 5. The first kappa shape index (κ1) is 19.5. The van der Waals surface area contributed by atoms with Crippen molar-refractivity contribution in [3.8, 4) is 5.75 Å². The highest BCUT2D eigenvalue weighted by Crippen LogP contribution is 2.32. The van der Waals surface area contributed by atoms with E-state index >= 15 is 0 Å². The lowest BCUT2D eigenvalue weighted by atomic mass is 10.1. The molecule has 1 heterocycles. The van der Waals surface area contributed by atoms with Gasteiger partial charge in [-0.15, -0.1) is 0 Å². The molecule has 142 valence electrons. The molecule has 0 aliphatic carbocycles. The normalized spacial score (nSPS) is 13.9. The Morgan fingerprint density at radius 2 is 2.04 bits per heavy atom. The molecule has 1 aliphatic heterocycles. The third kappa shape index (κ3) is 4.71. The van der Waals surface area contributed by atoms with E-state index in [-0.39, 0.29) is 19.0 Å². The highest BCUT2D eigenvalue weighted by molar-refractivity contribution is 6.33. The molecule has 0 aromatic heterocycles. The molecule has 0 saturated heterocycles. The van der Waals surface area contributed by atoms with Gasteiger partial charge in [0.05, 0.1) is 17.2 Å². The minimum atomic E-state index is -0.854. The fourth-order valence-corrected chi connectivity index (χ4v) is 3.10. The molecule has 0 fully saturated rings. The number of rotatable bonds is 5. The molecule has 3 rings (SSSR count). The Bertz CT molecular complexity index is 871. The number of halogens is 2. The Hall–Kier alpha value is -2.28. The maximum absolute atomic E-state index is 12.3. The Morgan fingerprint density at radius 1 is 1.26 bits per heavy atom. The molecule has 0 saturated carbocycles. The van der Waals surface area contributed by atoms with Crippen LogP contribution in [0.2, 0.25) is 10.0 Å². The lowest BCUT2D eigenvalue weighted by molar-refractivity contribution is -0.146. The van der Waals surface area contributed by atoms with Crippen LogP contribution in [0.15, 0.2) is 36.4 Å². The zero-order chi connectivity index (χ0) is 19.4. The number of esters is 1. The third-order valence-electron chi connectivity index (χ3n) is 3.94. The second-order valence-electron chi connectivity index (χ2n) is 5.95. The molecule has 0 bridgehead atoms. The van der Waals surface area contributed by atoms with Crippen molar-refractivity contribution in [2.45, 2.75) is 26.2 Å². The van der Waals surface area contributed by atoms with E-state index in [1.807, 2.05) is 0 Å². The van der Waals surface area contributed by atoms with Gasteiger partial charge in [0, 0.05) is 16.1 Å². The van der Waals surface area contributed by atoms with Gasteiger partial charge in [-0.05, 0) is 31.2 Å². The lowest BCUT2D eigenvalue weighted by Crippen LogP contribution is -2.39. The predicted molar refractivity (Wildman–Crippen MR) is 99.9 cm³/mol. The molecule has 2 aromatic carbocycles. The Balaban J connectivity index is 1.62. The van der Waals surface area contributed by atoms with Crippen LogP contribution in [0.4, 0.5) is 0 Å². The van der Waals surface area contributed by atoms with Gasteiger partial charge in [0.2, 0.25) is 0 Å². The van der Waals surface area contributed by atoms with Gasteiger partial charge in [-0.3, -0.25) is 4.79 Å². The summed E-state index contributed by atoms with van der Waals surface area (Å²) < 4.78 is 16.0. The smallest absolute Gasteiger partial charge is 0.328 e. The molecule has 1 aliphatic rings. The van der Waals surface area contributed by atoms with E-state index in [4.69, 9.17) is 37.4 Å². The van der Waals surface area contributed by atoms with Crippen LogP contribution in [-0.4, -0.2) is 24.7 Å². The summed E-state index contributed by atoms with van der Waals surface area (Å²) in [6, 6.07) is 9.15. The number of benzene rings is 2. The summed E-state index contributed by atoms with van der Waals surface area (Å²) in [5.74, 6) is -0.437. The molecule has 0 unspecified atom stereocenters. The largest absolute Gasteiger partial charge is 0.467 e. The first-order valence-corrected chi connectivity index (χ1v) is 8.95. The predicted octanol–water partition coefficient (Wildman–Crippen LogP) is 3.72. The van der Waals surface area contributed by atoms with E-state index in [1.165, 1.54) is 6.92 Å². The second kappa shape index (κ2) is 8.61. The standard InChI is InChI=1S/C19H17Cl2NO5/c1-11(22-18(23)15-4-2-3-5-16(15)21)19(24)26-9-13-7-14(20)6-12-8-25-10-27-17(12)13/h2-7,11H,8-10H2,1H3,(H,22,23)/t11-/m0/s1. The van der Waals surface area contributed by atoms with E-state index in [2.05, 4.69) is 5.32 Å². The van der Waals surface area contributed by atoms with Crippen LogP contribution < -0.4 is 10.1 Å². The topological polar surface area (TPSA) is 73.9 Å². The molecule has 1 N–H and O–H groups in total. The average molecular weight is 410 g/mol. The van der Waals surface area contributed by atoms with Crippen LogP contribution in [0, 0.1) is 0 Å². The molecule has 1 amide bonds. The second-order valence-corrected chi connectivity index (χ2v) is 6.79. The summed E-state index contributed by atoms with van der Waals surface area (Å²) in [6.07, 6.45) is 0. The van der Waals surface area contributed by atoms with Crippen LogP contribution in [-0.2, 0) is 27.5 Å². The van der Waals surface area contributed by atoms with Crippen molar-refractivity contribution in [1.29, 1.82) is 0 Å². The van der Waals surface area contributed by atoms with Crippen molar-refractivity contribution in [2.75, 3.05) is 6.79 Å². The number of nitrogens with one attached hydrogen (secondary N) is 1. The third-order valence-corrected chi connectivity index (χ3v) is 4.49. The van der Waals surface area contributed by atoms with Gasteiger partial charge in [0.15, 0.2) is 6.79 Å². The number of hydrogen-bond donors (Lipinski definition) is 1. The first-order chi connectivity index (χ1) is 13.0. The fourth-order valence-electron chi connectivity index (χ4n) is 2.62. The molecular formula is C19H17Cl2NO5. The molecule has 0 spiro atoms. The Kier molecular flexibility index (Phi) is 6.21. The molecule has 1 atom stereocenters. The SMILES string of the molecule is C[C@H](NC(=O)c1ccccc1Cl)C(=O)OCc1cc(Cl)cc2c1OCOC2. The monoisotopic (exact) mass is 409 g/mol. The van der Waals surface area contributed by atoms with Gasteiger partial charge in [0.1, 0.15) is 18.4 Å². The summed E-state index contributed by atoms with van der Waals surface area (Å²) in [7, 11) is 0. The minimum Gasteiger partial charge on any atom is -0.467 e. The van der Waals surface area contributed by atoms with Crippen molar-refractivity contribution in [3.63, 3.8) is 0 Å². The number of amides is 1. The van der Waals surface area contributed by atoms with Crippen molar-refractivity contribution >= 4 is 35.1 Å². The van der Waals surface area contributed by atoms with E-state index in [1.54, 1.807) is 36.4 Å².